The standard InChI is InChI=1S/C43H72O8/c1-42(2,30-5-11-34(12-6-30)44-20-36-22-46-36)32-9-15-40(50-26-38-24-48-38)28(18-32)17-29-19-33(10-16-41(29)51-27-39-25-49-39)43(3,4)31-7-13-35(14-8-31)45-21-37-23-47-37/h28-41H,5-27H2,1-4H3. The molecule has 0 amide bonds. The molecule has 8 fully saturated rings. The number of hydrogen-bond acceptors (Lipinski definition) is 8. The summed E-state index contributed by atoms with van der Waals surface area (Å²) in [5.41, 5.74) is 0.663. The van der Waals surface area contributed by atoms with E-state index in [1.54, 1.807) is 0 Å². The normalized spacial score (nSPS) is 44.2. The molecule has 8 nitrogen and oxygen atoms in total. The molecule has 4 aliphatic heterocycles. The van der Waals surface area contributed by atoms with Crippen molar-refractivity contribution in [3.05, 3.63) is 0 Å². The van der Waals surface area contributed by atoms with Gasteiger partial charge < -0.3 is 37.9 Å². The number of hydrogen-bond donors (Lipinski definition) is 0. The fourth-order valence-corrected chi connectivity index (χ4v) is 11.4. The Bertz CT molecular complexity index is 998. The van der Waals surface area contributed by atoms with Gasteiger partial charge in [-0.25, -0.2) is 0 Å². The highest BCUT2D eigenvalue weighted by molar-refractivity contribution is 4.98. The Hall–Kier alpha value is -0.320. The van der Waals surface area contributed by atoms with E-state index in [1.165, 1.54) is 96.3 Å². The Kier molecular flexibility index (Phi) is 12.1. The van der Waals surface area contributed by atoms with E-state index in [4.69, 9.17) is 37.9 Å². The van der Waals surface area contributed by atoms with Gasteiger partial charge in [0.15, 0.2) is 0 Å². The molecular weight excluding hydrogens is 644 g/mol. The molecule has 0 N–H and O–H groups in total. The second-order valence-corrected chi connectivity index (χ2v) is 19.6. The summed E-state index contributed by atoms with van der Waals surface area (Å²) in [6, 6.07) is 0. The summed E-state index contributed by atoms with van der Waals surface area (Å²) in [7, 11) is 0. The molecule has 8 rings (SSSR count). The van der Waals surface area contributed by atoms with Crippen molar-refractivity contribution in [1.29, 1.82) is 0 Å². The zero-order chi connectivity index (χ0) is 35.0. The van der Waals surface area contributed by atoms with Gasteiger partial charge in [0.25, 0.3) is 0 Å². The minimum absolute atomic E-state index is 0.320. The van der Waals surface area contributed by atoms with E-state index < -0.39 is 0 Å². The van der Waals surface area contributed by atoms with Crippen LogP contribution in [0, 0.1) is 46.3 Å². The van der Waals surface area contributed by atoms with Crippen LogP contribution in [-0.4, -0.2) is 102 Å². The third kappa shape index (κ3) is 10.1. The first-order chi connectivity index (χ1) is 24.7. The molecule has 10 unspecified atom stereocenters. The van der Waals surface area contributed by atoms with E-state index in [9.17, 15) is 0 Å². The lowest BCUT2D eigenvalue weighted by molar-refractivity contribution is -0.0947. The molecule has 4 aliphatic carbocycles. The molecule has 0 aromatic rings. The van der Waals surface area contributed by atoms with Crippen LogP contribution in [0.1, 0.15) is 124 Å². The second-order valence-electron chi connectivity index (χ2n) is 19.6. The average molecular weight is 717 g/mol. The van der Waals surface area contributed by atoms with E-state index in [2.05, 4.69) is 27.7 Å². The molecule has 8 heteroatoms. The molecule has 10 atom stereocenters. The van der Waals surface area contributed by atoms with E-state index in [-0.39, 0.29) is 0 Å². The topological polar surface area (TPSA) is 87.0 Å². The van der Waals surface area contributed by atoms with E-state index >= 15 is 0 Å². The van der Waals surface area contributed by atoms with Gasteiger partial charge in [0.05, 0.1) is 77.3 Å². The van der Waals surface area contributed by atoms with Gasteiger partial charge in [0, 0.05) is 0 Å². The zero-order valence-corrected chi connectivity index (χ0v) is 32.6. The van der Waals surface area contributed by atoms with Crippen LogP contribution in [0.15, 0.2) is 0 Å². The first kappa shape index (κ1) is 37.6. The summed E-state index contributed by atoms with van der Waals surface area (Å²) in [6.45, 7) is 17.1. The van der Waals surface area contributed by atoms with Crippen LogP contribution < -0.4 is 0 Å². The van der Waals surface area contributed by atoms with E-state index in [1.807, 2.05) is 0 Å². The molecule has 0 aromatic heterocycles. The quantitative estimate of drug-likeness (QED) is 0.133. The summed E-state index contributed by atoms with van der Waals surface area (Å²) in [6.07, 6.45) is 21.7. The number of rotatable bonds is 18. The summed E-state index contributed by atoms with van der Waals surface area (Å²) in [4.78, 5) is 0. The number of epoxide rings is 4. The lowest BCUT2D eigenvalue weighted by Crippen LogP contribution is -2.45. The third-order valence-corrected chi connectivity index (χ3v) is 15.6. The van der Waals surface area contributed by atoms with Gasteiger partial charge in [0.2, 0.25) is 0 Å². The van der Waals surface area contributed by atoms with Gasteiger partial charge in [0.1, 0.15) is 24.4 Å². The zero-order valence-electron chi connectivity index (χ0n) is 32.6. The van der Waals surface area contributed by atoms with Crippen molar-refractivity contribution in [2.45, 2.75) is 173 Å². The number of ether oxygens (including phenoxy) is 8. The van der Waals surface area contributed by atoms with Crippen LogP contribution in [0.4, 0.5) is 0 Å². The first-order valence-electron chi connectivity index (χ1n) is 21.6. The summed E-state index contributed by atoms with van der Waals surface area (Å²) >= 11 is 0. The van der Waals surface area contributed by atoms with Gasteiger partial charge in [-0.2, -0.15) is 0 Å². The third-order valence-electron chi connectivity index (χ3n) is 15.6. The largest absolute Gasteiger partial charge is 0.375 e. The van der Waals surface area contributed by atoms with Crippen molar-refractivity contribution in [3.8, 4) is 0 Å². The molecule has 0 radical (unpaired) electrons. The van der Waals surface area contributed by atoms with Crippen molar-refractivity contribution in [2.75, 3.05) is 52.9 Å². The average Bonchev–Trinajstić information content (AvgIpc) is 3.93. The second kappa shape index (κ2) is 16.4. The molecule has 0 bridgehead atoms. The maximum atomic E-state index is 6.78. The summed E-state index contributed by atoms with van der Waals surface area (Å²) in [5, 5.41) is 0. The highest BCUT2D eigenvalue weighted by Crippen LogP contribution is 2.54. The van der Waals surface area contributed by atoms with Crippen LogP contribution in [0.3, 0.4) is 0 Å². The molecule has 0 spiro atoms. The Labute approximate surface area is 309 Å². The first-order valence-corrected chi connectivity index (χ1v) is 21.6. The lowest BCUT2D eigenvalue weighted by Gasteiger charge is -2.51. The van der Waals surface area contributed by atoms with E-state index in [0.29, 0.717) is 71.5 Å². The molecule has 8 aliphatic rings. The molecule has 0 aromatic carbocycles. The van der Waals surface area contributed by atoms with Gasteiger partial charge in [-0.1, -0.05) is 27.7 Å². The summed E-state index contributed by atoms with van der Waals surface area (Å²) < 4.78 is 48.1. The summed E-state index contributed by atoms with van der Waals surface area (Å²) in [5.74, 6) is 4.18. The fraction of sp³-hybridized carbons (Fsp3) is 1.00. The highest BCUT2D eigenvalue weighted by atomic mass is 16.6. The van der Waals surface area contributed by atoms with Crippen molar-refractivity contribution < 1.29 is 37.9 Å². The minimum Gasteiger partial charge on any atom is -0.375 e. The van der Waals surface area contributed by atoms with Crippen LogP contribution in [0.2, 0.25) is 0 Å². The van der Waals surface area contributed by atoms with Crippen LogP contribution >= 0.6 is 0 Å². The monoisotopic (exact) mass is 717 g/mol. The van der Waals surface area contributed by atoms with Crippen molar-refractivity contribution in [3.63, 3.8) is 0 Å². The van der Waals surface area contributed by atoms with Crippen LogP contribution in [0.5, 0.6) is 0 Å². The predicted molar refractivity (Wildman–Crippen MR) is 196 cm³/mol. The molecule has 292 valence electrons. The maximum Gasteiger partial charge on any atom is 0.104 e. The van der Waals surface area contributed by atoms with E-state index in [0.717, 1.165) is 76.5 Å². The van der Waals surface area contributed by atoms with Crippen LogP contribution in [-0.2, 0) is 37.9 Å². The molecule has 4 saturated carbocycles. The van der Waals surface area contributed by atoms with Gasteiger partial charge in [-0.05, 0) is 143 Å². The Balaban J connectivity index is 0.914. The Morgan fingerprint density at radius 3 is 1.06 bits per heavy atom. The lowest BCUT2D eigenvalue weighted by atomic mass is 9.56. The molecule has 51 heavy (non-hydrogen) atoms. The highest BCUT2D eigenvalue weighted by Gasteiger charge is 2.48. The predicted octanol–water partition coefficient (Wildman–Crippen LogP) is 7.78. The van der Waals surface area contributed by atoms with Crippen molar-refractivity contribution in [2.24, 2.45) is 46.3 Å². The fourth-order valence-electron chi connectivity index (χ4n) is 11.4. The Morgan fingerprint density at radius 2 is 0.725 bits per heavy atom. The molecular formula is C43H72O8. The van der Waals surface area contributed by atoms with Gasteiger partial charge >= 0.3 is 0 Å². The van der Waals surface area contributed by atoms with Gasteiger partial charge in [-0.15, -0.1) is 0 Å². The Morgan fingerprint density at radius 1 is 0.412 bits per heavy atom. The molecule has 4 heterocycles. The molecule has 4 saturated heterocycles. The van der Waals surface area contributed by atoms with Gasteiger partial charge in [-0.3, -0.25) is 0 Å². The maximum absolute atomic E-state index is 6.78. The van der Waals surface area contributed by atoms with Crippen molar-refractivity contribution in [1.82, 2.24) is 0 Å². The van der Waals surface area contributed by atoms with Crippen molar-refractivity contribution >= 4 is 0 Å². The van der Waals surface area contributed by atoms with Crippen LogP contribution in [0.25, 0.3) is 0 Å². The minimum atomic E-state index is 0.320. The smallest absolute Gasteiger partial charge is 0.104 e. The SMILES string of the molecule is CC(C)(C1CCC(OCC2CO2)CC1)C1CCC(OCC2CO2)C(CC2CC(C(C)(C)C3CCC(OCC4CO4)CC3)CCC2OCC2CO2)C1.